The van der Waals surface area contributed by atoms with Crippen molar-refractivity contribution < 1.29 is 0 Å². The van der Waals surface area contributed by atoms with Gasteiger partial charge in [-0.3, -0.25) is 5.43 Å². The maximum absolute atomic E-state index is 8.90. The van der Waals surface area contributed by atoms with Gasteiger partial charge >= 0.3 is 0 Å². The summed E-state index contributed by atoms with van der Waals surface area (Å²) >= 11 is 5.98. The third kappa shape index (κ3) is 3.87. The maximum Gasteiger partial charge on any atom is 0.121 e. The van der Waals surface area contributed by atoms with Gasteiger partial charge in [-0.25, -0.2) is 10.9 Å². The Bertz CT molecular complexity index is 308. The largest absolute Gasteiger partial charge is 0.371 e. The molecule has 0 saturated heterocycles. The molecule has 0 aromatic rings. The Morgan fingerprint density at radius 2 is 2.38 bits per heavy atom. The molecular weight excluding hydrogens is 228 g/mol. The second kappa shape index (κ2) is 5.37. The summed E-state index contributed by atoms with van der Waals surface area (Å²) in [4.78, 5) is 0. The van der Waals surface area contributed by atoms with E-state index in [2.05, 4.69) is 27.7 Å². The summed E-state index contributed by atoms with van der Waals surface area (Å²) in [6.45, 7) is 6.32. The highest BCUT2D eigenvalue weighted by Gasteiger charge is 2.24. The van der Waals surface area contributed by atoms with Gasteiger partial charge in [-0.15, -0.1) is 0 Å². The van der Waals surface area contributed by atoms with Crippen LogP contribution in [0.1, 0.15) is 20.8 Å². The third-order valence-corrected chi connectivity index (χ3v) is 2.06. The van der Waals surface area contributed by atoms with Crippen molar-refractivity contribution in [1.82, 2.24) is 26.8 Å². The topological polar surface area (TPSA) is 75.1 Å². The fourth-order valence-corrected chi connectivity index (χ4v) is 1.37. The average Bonchev–Trinajstić information content (AvgIpc) is 2.16. The minimum Gasteiger partial charge on any atom is -0.371 e. The fraction of sp³-hybridized carbons (Fsp3) is 0.667. The summed E-state index contributed by atoms with van der Waals surface area (Å²) in [7, 11) is 0. The van der Waals surface area contributed by atoms with Gasteiger partial charge in [0.15, 0.2) is 0 Å². The molecule has 16 heavy (non-hydrogen) atoms. The highest BCUT2D eigenvalue weighted by molar-refractivity contribution is 6.21. The fourth-order valence-electron chi connectivity index (χ4n) is 1.15. The minimum atomic E-state index is -0.689. The number of hydrogen-bond acceptors (Lipinski definition) is 6. The molecule has 1 atom stereocenters. The van der Waals surface area contributed by atoms with Crippen LogP contribution >= 0.6 is 11.6 Å². The van der Waals surface area contributed by atoms with E-state index in [9.17, 15) is 0 Å². The molecule has 0 aromatic carbocycles. The van der Waals surface area contributed by atoms with E-state index in [1.807, 2.05) is 13.0 Å². The predicted octanol–water partition coefficient (Wildman–Crippen LogP) is 0.134. The third-order valence-electron chi connectivity index (χ3n) is 1.84. The van der Waals surface area contributed by atoms with E-state index in [-0.39, 0.29) is 5.50 Å². The van der Waals surface area contributed by atoms with Crippen molar-refractivity contribution in [3.8, 4) is 6.07 Å². The number of nitriles is 1. The van der Waals surface area contributed by atoms with Gasteiger partial charge in [0.25, 0.3) is 0 Å². The molecule has 1 aliphatic heterocycles. The maximum atomic E-state index is 8.90. The van der Waals surface area contributed by atoms with Gasteiger partial charge in [0.1, 0.15) is 16.9 Å². The van der Waals surface area contributed by atoms with Gasteiger partial charge in [-0.1, -0.05) is 16.8 Å². The molecule has 90 valence electrons. The molecule has 0 saturated carbocycles. The number of alkyl halides is 1. The van der Waals surface area contributed by atoms with Crippen molar-refractivity contribution in [2.75, 3.05) is 6.54 Å². The van der Waals surface area contributed by atoms with Crippen LogP contribution in [0.25, 0.3) is 0 Å². The lowest BCUT2D eigenvalue weighted by Crippen LogP contribution is -2.65. The van der Waals surface area contributed by atoms with E-state index < -0.39 is 5.54 Å². The van der Waals surface area contributed by atoms with Crippen LogP contribution in [0, 0.1) is 11.3 Å². The lowest BCUT2D eigenvalue weighted by atomic mass is 10.1. The molecule has 1 rings (SSSR count). The Morgan fingerprint density at radius 1 is 1.69 bits per heavy atom. The van der Waals surface area contributed by atoms with Gasteiger partial charge in [-0.2, -0.15) is 5.26 Å². The van der Waals surface area contributed by atoms with Crippen LogP contribution in [0.15, 0.2) is 11.9 Å². The number of nitrogens with one attached hydrogen (secondary N) is 4. The Hall–Kier alpha value is -1.00. The Kier molecular flexibility index (Phi) is 4.38. The Balaban J connectivity index is 2.59. The zero-order valence-electron chi connectivity index (χ0n) is 9.63. The van der Waals surface area contributed by atoms with E-state index in [0.717, 1.165) is 12.4 Å². The summed E-state index contributed by atoms with van der Waals surface area (Å²) in [5.41, 5.74) is 7.83. The summed E-state index contributed by atoms with van der Waals surface area (Å²) < 4.78 is 0. The predicted molar refractivity (Wildman–Crippen MR) is 62.3 cm³/mol. The van der Waals surface area contributed by atoms with E-state index in [0.29, 0.717) is 0 Å². The normalized spacial score (nSPS) is 21.9. The molecule has 0 bridgehead atoms. The quantitative estimate of drug-likeness (QED) is 0.416. The van der Waals surface area contributed by atoms with Crippen molar-refractivity contribution >= 4 is 11.6 Å². The molecular formula is C9H17ClN6. The van der Waals surface area contributed by atoms with E-state index in [1.54, 1.807) is 13.8 Å². The molecule has 0 radical (unpaired) electrons. The molecule has 0 aliphatic carbocycles. The lowest BCUT2D eigenvalue weighted by molar-refractivity contribution is 0.0226. The standard InChI is InChI=1S/C9H17ClN6/c1-4-12-8-5-7(10)13-16(14-8)15-9(2,3)6-11/h5,7,12-15H,4H2,1-3H3. The average molecular weight is 245 g/mol. The first-order chi connectivity index (χ1) is 7.46. The minimum absolute atomic E-state index is 0.336. The van der Waals surface area contributed by atoms with Gasteiger partial charge in [0.2, 0.25) is 0 Å². The Labute approximate surface area is 101 Å². The highest BCUT2D eigenvalue weighted by atomic mass is 35.5. The van der Waals surface area contributed by atoms with Crippen LogP contribution in [-0.2, 0) is 0 Å². The molecule has 1 heterocycles. The first kappa shape index (κ1) is 13.1. The number of nitrogens with zero attached hydrogens (tertiary/aromatic N) is 2. The number of rotatable bonds is 4. The monoisotopic (exact) mass is 244 g/mol. The molecule has 0 aromatic heterocycles. The lowest BCUT2D eigenvalue weighted by Gasteiger charge is -2.35. The second-order valence-corrected chi connectivity index (χ2v) is 4.41. The van der Waals surface area contributed by atoms with Gasteiger partial charge in [-0.05, 0) is 26.8 Å². The zero-order chi connectivity index (χ0) is 12.2. The smallest absolute Gasteiger partial charge is 0.121 e. The SMILES string of the molecule is CCNC1=CC(Cl)NN(NC(C)(C)C#N)N1. The summed E-state index contributed by atoms with van der Waals surface area (Å²) in [5, 5.41) is 13.5. The van der Waals surface area contributed by atoms with Crippen LogP contribution in [0.5, 0.6) is 0 Å². The van der Waals surface area contributed by atoms with Crippen LogP contribution in [0.3, 0.4) is 0 Å². The van der Waals surface area contributed by atoms with Crippen LogP contribution in [0.4, 0.5) is 0 Å². The number of hydrogen-bond donors (Lipinski definition) is 4. The van der Waals surface area contributed by atoms with E-state index >= 15 is 0 Å². The van der Waals surface area contributed by atoms with E-state index in [1.165, 1.54) is 5.23 Å². The molecule has 0 amide bonds. The number of hydrazine groups is 3. The molecule has 1 aliphatic rings. The van der Waals surface area contributed by atoms with Crippen molar-refractivity contribution in [3.05, 3.63) is 11.9 Å². The summed E-state index contributed by atoms with van der Waals surface area (Å²) in [6, 6.07) is 2.13. The molecule has 0 spiro atoms. The van der Waals surface area contributed by atoms with Crippen molar-refractivity contribution in [3.63, 3.8) is 0 Å². The molecule has 7 heteroatoms. The molecule has 6 nitrogen and oxygen atoms in total. The van der Waals surface area contributed by atoms with Crippen molar-refractivity contribution in [2.24, 2.45) is 0 Å². The van der Waals surface area contributed by atoms with E-state index in [4.69, 9.17) is 16.9 Å². The number of halogens is 1. The van der Waals surface area contributed by atoms with Crippen molar-refractivity contribution in [2.45, 2.75) is 31.8 Å². The molecule has 4 N–H and O–H groups in total. The van der Waals surface area contributed by atoms with Crippen LogP contribution in [0.2, 0.25) is 0 Å². The summed E-state index contributed by atoms with van der Waals surface area (Å²) in [6.07, 6.45) is 1.81. The van der Waals surface area contributed by atoms with Gasteiger partial charge in [0.05, 0.1) is 6.07 Å². The summed E-state index contributed by atoms with van der Waals surface area (Å²) in [5.74, 6) is 0.794. The second-order valence-electron chi connectivity index (χ2n) is 3.94. The molecule has 0 fully saturated rings. The zero-order valence-corrected chi connectivity index (χ0v) is 10.4. The van der Waals surface area contributed by atoms with Crippen molar-refractivity contribution in [1.29, 1.82) is 5.26 Å². The van der Waals surface area contributed by atoms with Gasteiger partial charge < -0.3 is 5.32 Å². The van der Waals surface area contributed by atoms with Crippen LogP contribution < -0.4 is 21.6 Å². The molecule has 1 unspecified atom stereocenters. The highest BCUT2D eigenvalue weighted by Crippen LogP contribution is 2.05. The first-order valence-electron chi connectivity index (χ1n) is 5.08. The Morgan fingerprint density at radius 3 is 2.94 bits per heavy atom. The van der Waals surface area contributed by atoms with Gasteiger partial charge in [0, 0.05) is 6.54 Å². The van der Waals surface area contributed by atoms with Crippen LogP contribution in [-0.4, -0.2) is 22.8 Å². The first-order valence-corrected chi connectivity index (χ1v) is 5.52.